The molecule has 0 amide bonds. The van der Waals surface area contributed by atoms with Crippen LogP contribution in [0.1, 0.15) is 11.1 Å². The van der Waals surface area contributed by atoms with Crippen LogP contribution in [-0.2, 0) is 0 Å². The number of nitrogens with two attached hydrogens (primary N) is 1. The van der Waals surface area contributed by atoms with E-state index >= 15 is 0 Å². The number of hydrogen-bond donors (Lipinski definition) is 1. The largest absolute Gasteiger partial charge is 0.396 e. The van der Waals surface area contributed by atoms with Gasteiger partial charge in [0, 0.05) is 5.56 Å². The van der Waals surface area contributed by atoms with E-state index in [1.54, 1.807) is 6.07 Å². The molecule has 0 bridgehead atoms. The molecule has 0 aliphatic carbocycles. The first-order valence-electron chi connectivity index (χ1n) is 4.70. The third-order valence-corrected chi connectivity index (χ3v) is 2.04. The maximum atomic E-state index is 13.5. The average molecular weight is 231 g/mol. The van der Waals surface area contributed by atoms with Crippen molar-refractivity contribution >= 4 is 5.69 Å². The van der Waals surface area contributed by atoms with E-state index in [0.717, 1.165) is 12.1 Å². The van der Waals surface area contributed by atoms with E-state index in [4.69, 9.17) is 5.73 Å². The molecule has 0 saturated carbocycles. The van der Waals surface area contributed by atoms with Crippen molar-refractivity contribution in [2.75, 3.05) is 5.73 Å². The van der Waals surface area contributed by atoms with Gasteiger partial charge in [0.25, 0.3) is 0 Å². The molecular weight excluding hydrogens is 224 g/mol. The zero-order valence-electron chi connectivity index (χ0n) is 8.61. The van der Waals surface area contributed by atoms with Crippen LogP contribution >= 0.6 is 0 Å². The van der Waals surface area contributed by atoms with Crippen molar-refractivity contribution in [1.29, 1.82) is 0 Å². The molecule has 0 saturated heterocycles. The van der Waals surface area contributed by atoms with Crippen LogP contribution in [0.4, 0.5) is 14.5 Å². The normalized spacial score (nSPS) is 9.53. The smallest absolute Gasteiger partial charge is 0.164 e. The standard InChI is InChI=1S/C12H7F2N3/c13-10-3-4-11(15)12(14)9(10)2-1-8-5-6-16-17-7-8/h3-7H,15H2. The Morgan fingerprint density at radius 2 is 1.88 bits per heavy atom. The Kier molecular flexibility index (Phi) is 2.97. The van der Waals surface area contributed by atoms with E-state index in [-0.39, 0.29) is 11.3 Å². The van der Waals surface area contributed by atoms with Gasteiger partial charge in [-0.15, -0.1) is 0 Å². The quantitative estimate of drug-likeness (QED) is 0.555. The number of rotatable bonds is 0. The molecule has 2 rings (SSSR count). The Morgan fingerprint density at radius 1 is 1.06 bits per heavy atom. The molecule has 1 heterocycles. The van der Waals surface area contributed by atoms with E-state index in [0.29, 0.717) is 5.56 Å². The third-order valence-electron chi connectivity index (χ3n) is 2.04. The highest BCUT2D eigenvalue weighted by atomic mass is 19.1. The molecule has 0 aliphatic rings. The predicted molar refractivity (Wildman–Crippen MR) is 58.8 cm³/mol. The summed E-state index contributed by atoms with van der Waals surface area (Å²) >= 11 is 0. The first kappa shape index (κ1) is 11.0. The Hall–Kier alpha value is -2.48. The van der Waals surface area contributed by atoms with Crippen molar-refractivity contribution in [2.24, 2.45) is 0 Å². The number of aromatic nitrogens is 2. The van der Waals surface area contributed by atoms with Gasteiger partial charge in [0.1, 0.15) is 5.82 Å². The van der Waals surface area contributed by atoms with Gasteiger partial charge in [0.2, 0.25) is 0 Å². The number of anilines is 1. The summed E-state index contributed by atoms with van der Waals surface area (Å²) in [5.41, 5.74) is 5.36. The SMILES string of the molecule is Nc1ccc(F)c(C#Cc2ccnnc2)c1F. The van der Waals surface area contributed by atoms with Crippen LogP contribution in [-0.4, -0.2) is 10.2 Å². The molecule has 1 aromatic heterocycles. The minimum absolute atomic E-state index is 0.136. The summed E-state index contributed by atoms with van der Waals surface area (Å²) in [5.74, 6) is 3.38. The number of nitrogens with zero attached hydrogens (tertiary/aromatic N) is 2. The molecule has 5 heteroatoms. The van der Waals surface area contributed by atoms with Gasteiger partial charge in [0.05, 0.1) is 23.6 Å². The third kappa shape index (κ3) is 2.37. The topological polar surface area (TPSA) is 51.8 Å². The van der Waals surface area contributed by atoms with Crippen molar-refractivity contribution < 1.29 is 8.78 Å². The molecule has 0 unspecified atom stereocenters. The summed E-state index contributed by atoms with van der Waals surface area (Å²) < 4.78 is 26.8. The Balaban J connectivity index is 2.44. The van der Waals surface area contributed by atoms with Crippen molar-refractivity contribution in [1.82, 2.24) is 10.2 Å². The lowest BCUT2D eigenvalue weighted by molar-refractivity contribution is 0.580. The second-order valence-electron chi connectivity index (χ2n) is 3.21. The van der Waals surface area contributed by atoms with E-state index in [1.807, 2.05) is 0 Å². The number of benzene rings is 1. The monoisotopic (exact) mass is 231 g/mol. The van der Waals surface area contributed by atoms with Gasteiger partial charge in [0.15, 0.2) is 5.82 Å². The summed E-state index contributed by atoms with van der Waals surface area (Å²) in [6, 6.07) is 3.82. The summed E-state index contributed by atoms with van der Waals surface area (Å²) in [5, 5.41) is 7.16. The highest BCUT2D eigenvalue weighted by molar-refractivity contribution is 5.51. The lowest BCUT2D eigenvalue weighted by Gasteiger charge is -1.99. The average Bonchev–Trinajstić information content (AvgIpc) is 2.35. The van der Waals surface area contributed by atoms with Crippen LogP contribution in [0.5, 0.6) is 0 Å². The van der Waals surface area contributed by atoms with E-state index in [1.165, 1.54) is 12.4 Å². The van der Waals surface area contributed by atoms with Crippen LogP contribution in [0.2, 0.25) is 0 Å². The van der Waals surface area contributed by atoms with Crippen LogP contribution in [0.25, 0.3) is 0 Å². The van der Waals surface area contributed by atoms with Crippen molar-refractivity contribution in [3.05, 3.63) is 53.4 Å². The molecule has 17 heavy (non-hydrogen) atoms. The first-order chi connectivity index (χ1) is 8.18. The van der Waals surface area contributed by atoms with Crippen molar-refractivity contribution in [3.63, 3.8) is 0 Å². The van der Waals surface area contributed by atoms with Crippen LogP contribution in [0, 0.1) is 23.5 Å². The number of halogens is 2. The zero-order chi connectivity index (χ0) is 12.3. The van der Waals surface area contributed by atoms with Gasteiger partial charge in [-0.1, -0.05) is 11.8 Å². The molecule has 2 aromatic rings. The first-order valence-corrected chi connectivity index (χ1v) is 4.70. The summed E-state index contributed by atoms with van der Waals surface area (Å²) in [4.78, 5) is 0. The minimum atomic E-state index is -0.848. The number of hydrogen-bond acceptors (Lipinski definition) is 3. The highest BCUT2D eigenvalue weighted by Gasteiger charge is 2.09. The van der Waals surface area contributed by atoms with Crippen LogP contribution in [0.3, 0.4) is 0 Å². The molecular formula is C12H7F2N3. The second-order valence-corrected chi connectivity index (χ2v) is 3.21. The summed E-state index contributed by atoms with van der Waals surface area (Å²) in [6.07, 6.45) is 2.84. The Morgan fingerprint density at radius 3 is 2.59 bits per heavy atom. The van der Waals surface area contributed by atoms with E-state index in [2.05, 4.69) is 22.0 Å². The molecule has 1 aromatic carbocycles. The minimum Gasteiger partial charge on any atom is -0.396 e. The van der Waals surface area contributed by atoms with Crippen LogP contribution < -0.4 is 5.73 Å². The van der Waals surface area contributed by atoms with Crippen molar-refractivity contribution in [2.45, 2.75) is 0 Å². The Labute approximate surface area is 96.3 Å². The van der Waals surface area contributed by atoms with Gasteiger partial charge in [-0.25, -0.2) is 8.78 Å². The van der Waals surface area contributed by atoms with Gasteiger partial charge in [-0.05, 0) is 18.2 Å². The van der Waals surface area contributed by atoms with Crippen LogP contribution in [0.15, 0.2) is 30.6 Å². The second kappa shape index (κ2) is 4.58. The summed E-state index contributed by atoms with van der Waals surface area (Å²) in [7, 11) is 0. The molecule has 3 nitrogen and oxygen atoms in total. The number of nitrogen functional groups attached to an aromatic ring is 1. The Bertz CT molecular complexity index is 600. The molecule has 0 spiro atoms. The van der Waals surface area contributed by atoms with E-state index in [9.17, 15) is 8.78 Å². The molecule has 0 fully saturated rings. The molecule has 2 N–H and O–H groups in total. The fraction of sp³-hybridized carbons (Fsp3) is 0. The van der Waals surface area contributed by atoms with Gasteiger partial charge >= 0.3 is 0 Å². The molecule has 84 valence electrons. The maximum absolute atomic E-state index is 13.5. The van der Waals surface area contributed by atoms with Gasteiger partial charge in [-0.2, -0.15) is 10.2 Å². The lowest BCUT2D eigenvalue weighted by Crippen LogP contribution is -1.97. The molecule has 0 radical (unpaired) electrons. The highest BCUT2D eigenvalue weighted by Crippen LogP contribution is 2.17. The van der Waals surface area contributed by atoms with Gasteiger partial charge in [-0.3, -0.25) is 0 Å². The van der Waals surface area contributed by atoms with Gasteiger partial charge < -0.3 is 5.73 Å². The zero-order valence-corrected chi connectivity index (χ0v) is 8.61. The maximum Gasteiger partial charge on any atom is 0.164 e. The molecule has 0 atom stereocenters. The fourth-order valence-corrected chi connectivity index (χ4v) is 1.18. The fourth-order valence-electron chi connectivity index (χ4n) is 1.18. The predicted octanol–water partition coefficient (Wildman–Crippen LogP) is 1.74. The van der Waals surface area contributed by atoms with Crippen molar-refractivity contribution in [3.8, 4) is 11.8 Å². The molecule has 0 aliphatic heterocycles. The summed E-state index contributed by atoms with van der Waals surface area (Å²) in [6.45, 7) is 0. The van der Waals surface area contributed by atoms with E-state index < -0.39 is 11.6 Å². The lowest BCUT2D eigenvalue weighted by atomic mass is 10.1.